The number of rotatable bonds is 1. The van der Waals surface area contributed by atoms with Crippen molar-refractivity contribution in [2.75, 3.05) is 5.73 Å². The first-order valence-electron chi connectivity index (χ1n) is 5.57. The Labute approximate surface area is 109 Å². The van der Waals surface area contributed by atoms with Gasteiger partial charge in [-0.05, 0) is 36.8 Å². The monoisotopic (exact) mass is 258 g/mol. The maximum atomic E-state index is 6.00. The van der Waals surface area contributed by atoms with E-state index in [1.54, 1.807) is 6.07 Å². The summed E-state index contributed by atoms with van der Waals surface area (Å²) in [6.45, 7) is 1.94. The summed E-state index contributed by atoms with van der Waals surface area (Å²) in [5.74, 6) is 0.522. The van der Waals surface area contributed by atoms with Gasteiger partial charge in [0.15, 0.2) is 5.58 Å². The van der Waals surface area contributed by atoms with Gasteiger partial charge < -0.3 is 10.2 Å². The van der Waals surface area contributed by atoms with Crippen LogP contribution in [0.15, 0.2) is 40.8 Å². The number of fused-ring (bicyclic) bond motifs is 1. The van der Waals surface area contributed by atoms with Crippen molar-refractivity contribution >= 4 is 28.4 Å². The largest absolute Gasteiger partial charge is 0.436 e. The Hall–Kier alpha value is -2.00. The molecule has 1 heterocycles. The molecule has 3 rings (SSSR count). The van der Waals surface area contributed by atoms with Crippen LogP contribution in [0.1, 0.15) is 5.56 Å². The van der Waals surface area contributed by atoms with Gasteiger partial charge in [0, 0.05) is 10.7 Å². The third-order valence-electron chi connectivity index (χ3n) is 2.83. The quantitative estimate of drug-likeness (QED) is 0.670. The SMILES string of the molecule is Cc1cc(Cl)cc2nc(-c3ccccc3N)oc12. The molecular weight excluding hydrogens is 248 g/mol. The van der Waals surface area contributed by atoms with Crippen LogP contribution < -0.4 is 5.73 Å². The first kappa shape index (κ1) is 11.1. The van der Waals surface area contributed by atoms with Gasteiger partial charge in [-0.3, -0.25) is 0 Å². The lowest BCUT2D eigenvalue weighted by Gasteiger charge is -1.98. The van der Waals surface area contributed by atoms with E-state index in [9.17, 15) is 0 Å². The molecule has 0 aliphatic heterocycles. The fraction of sp³-hybridized carbons (Fsp3) is 0.0714. The van der Waals surface area contributed by atoms with E-state index in [2.05, 4.69) is 4.98 Å². The highest BCUT2D eigenvalue weighted by molar-refractivity contribution is 6.31. The topological polar surface area (TPSA) is 52.0 Å². The van der Waals surface area contributed by atoms with Gasteiger partial charge >= 0.3 is 0 Å². The predicted octanol–water partition coefficient (Wildman–Crippen LogP) is 4.04. The maximum absolute atomic E-state index is 6.00. The zero-order chi connectivity index (χ0) is 12.7. The number of nitrogens with two attached hydrogens (primary N) is 1. The van der Waals surface area contributed by atoms with Crippen molar-refractivity contribution in [2.45, 2.75) is 6.92 Å². The zero-order valence-electron chi connectivity index (χ0n) is 9.77. The number of aromatic nitrogens is 1. The standard InChI is InChI=1S/C14H11ClN2O/c1-8-6-9(15)7-12-13(8)18-14(17-12)10-4-2-3-5-11(10)16/h2-7H,16H2,1H3. The fourth-order valence-electron chi connectivity index (χ4n) is 1.96. The Bertz CT molecular complexity index is 734. The molecule has 0 fully saturated rings. The van der Waals surface area contributed by atoms with Gasteiger partial charge in [0.2, 0.25) is 5.89 Å². The van der Waals surface area contributed by atoms with Gasteiger partial charge in [0.1, 0.15) is 5.52 Å². The Morgan fingerprint density at radius 2 is 2.00 bits per heavy atom. The van der Waals surface area contributed by atoms with Crippen LogP contribution in [-0.4, -0.2) is 4.98 Å². The molecule has 0 aliphatic carbocycles. The summed E-state index contributed by atoms with van der Waals surface area (Å²) in [5.41, 5.74) is 9.82. The van der Waals surface area contributed by atoms with Crippen molar-refractivity contribution in [3.05, 3.63) is 47.0 Å². The van der Waals surface area contributed by atoms with Crippen molar-refractivity contribution in [3.63, 3.8) is 0 Å². The second-order valence-corrected chi connectivity index (χ2v) is 4.61. The Morgan fingerprint density at radius 1 is 1.22 bits per heavy atom. The number of oxazole rings is 1. The smallest absolute Gasteiger partial charge is 0.229 e. The third-order valence-corrected chi connectivity index (χ3v) is 3.05. The first-order chi connectivity index (χ1) is 8.65. The lowest BCUT2D eigenvalue weighted by atomic mass is 10.2. The van der Waals surface area contributed by atoms with Crippen LogP contribution in [-0.2, 0) is 0 Å². The molecule has 0 aliphatic rings. The lowest BCUT2D eigenvalue weighted by Crippen LogP contribution is -1.88. The molecule has 3 nitrogen and oxygen atoms in total. The molecule has 0 spiro atoms. The minimum atomic E-state index is 0.522. The molecule has 0 unspecified atom stereocenters. The summed E-state index contributed by atoms with van der Waals surface area (Å²) in [6.07, 6.45) is 0. The Balaban J connectivity index is 2.26. The van der Waals surface area contributed by atoms with E-state index in [0.717, 1.165) is 22.2 Å². The van der Waals surface area contributed by atoms with Crippen LogP contribution in [0.4, 0.5) is 5.69 Å². The highest BCUT2D eigenvalue weighted by Gasteiger charge is 2.12. The minimum Gasteiger partial charge on any atom is -0.436 e. The molecule has 0 saturated heterocycles. The van der Waals surface area contributed by atoms with Gasteiger partial charge in [0.25, 0.3) is 0 Å². The number of hydrogen-bond acceptors (Lipinski definition) is 3. The van der Waals surface area contributed by atoms with Crippen LogP contribution in [0.25, 0.3) is 22.6 Å². The van der Waals surface area contributed by atoms with Crippen molar-refractivity contribution in [3.8, 4) is 11.5 Å². The van der Waals surface area contributed by atoms with Crippen molar-refractivity contribution in [1.82, 2.24) is 4.98 Å². The Kier molecular flexibility index (Phi) is 2.49. The van der Waals surface area contributed by atoms with E-state index < -0.39 is 0 Å². The van der Waals surface area contributed by atoms with E-state index >= 15 is 0 Å². The first-order valence-corrected chi connectivity index (χ1v) is 5.94. The average Bonchev–Trinajstić information content (AvgIpc) is 2.73. The van der Waals surface area contributed by atoms with E-state index in [1.165, 1.54) is 0 Å². The summed E-state index contributed by atoms with van der Waals surface area (Å²) in [4.78, 5) is 4.43. The van der Waals surface area contributed by atoms with Crippen LogP contribution in [0, 0.1) is 6.92 Å². The Morgan fingerprint density at radius 3 is 2.78 bits per heavy atom. The second-order valence-electron chi connectivity index (χ2n) is 4.18. The van der Waals surface area contributed by atoms with Gasteiger partial charge in [-0.25, -0.2) is 4.98 Å². The molecule has 0 bridgehead atoms. The molecule has 4 heteroatoms. The maximum Gasteiger partial charge on any atom is 0.229 e. The number of anilines is 1. The number of nitrogen functional groups attached to an aromatic ring is 1. The van der Waals surface area contributed by atoms with Crippen LogP contribution in [0.2, 0.25) is 5.02 Å². The molecule has 0 atom stereocenters. The lowest BCUT2D eigenvalue weighted by molar-refractivity contribution is 0.617. The summed E-state index contributed by atoms with van der Waals surface area (Å²) in [7, 11) is 0. The molecule has 90 valence electrons. The van der Waals surface area contributed by atoms with E-state index in [0.29, 0.717) is 16.6 Å². The van der Waals surface area contributed by atoms with Crippen LogP contribution >= 0.6 is 11.6 Å². The molecule has 1 aromatic heterocycles. The number of benzene rings is 2. The van der Waals surface area contributed by atoms with E-state index in [-0.39, 0.29) is 0 Å². The molecule has 2 aromatic carbocycles. The average molecular weight is 259 g/mol. The predicted molar refractivity (Wildman–Crippen MR) is 73.6 cm³/mol. The van der Waals surface area contributed by atoms with Crippen molar-refractivity contribution < 1.29 is 4.42 Å². The number of hydrogen-bond donors (Lipinski definition) is 1. The molecular formula is C14H11ClN2O. The molecule has 0 amide bonds. The highest BCUT2D eigenvalue weighted by Crippen LogP contribution is 2.31. The molecule has 3 aromatic rings. The summed E-state index contributed by atoms with van der Waals surface area (Å²) >= 11 is 6.00. The van der Waals surface area contributed by atoms with E-state index in [1.807, 2.05) is 37.3 Å². The van der Waals surface area contributed by atoms with Gasteiger partial charge in [-0.15, -0.1) is 0 Å². The van der Waals surface area contributed by atoms with Gasteiger partial charge in [-0.1, -0.05) is 23.7 Å². The number of halogens is 1. The number of para-hydroxylation sites is 1. The third kappa shape index (κ3) is 1.73. The van der Waals surface area contributed by atoms with Crippen molar-refractivity contribution in [1.29, 1.82) is 0 Å². The highest BCUT2D eigenvalue weighted by atomic mass is 35.5. The number of aryl methyl sites for hydroxylation is 1. The summed E-state index contributed by atoms with van der Waals surface area (Å²) in [5, 5.41) is 0.654. The molecule has 2 N–H and O–H groups in total. The van der Waals surface area contributed by atoms with Crippen LogP contribution in [0.3, 0.4) is 0 Å². The zero-order valence-corrected chi connectivity index (χ0v) is 10.5. The second kappa shape index (κ2) is 4.03. The number of nitrogens with zero attached hydrogens (tertiary/aromatic N) is 1. The fourth-order valence-corrected chi connectivity index (χ4v) is 2.23. The van der Waals surface area contributed by atoms with E-state index in [4.69, 9.17) is 21.8 Å². The molecule has 0 radical (unpaired) electrons. The van der Waals surface area contributed by atoms with Gasteiger partial charge in [-0.2, -0.15) is 0 Å². The summed E-state index contributed by atoms with van der Waals surface area (Å²) in [6, 6.07) is 11.1. The van der Waals surface area contributed by atoms with Gasteiger partial charge in [0.05, 0.1) is 5.56 Å². The minimum absolute atomic E-state index is 0.522. The normalized spacial score (nSPS) is 11.0. The summed E-state index contributed by atoms with van der Waals surface area (Å²) < 4.78 is 5.77. The van der Waals surface area contributed by atoms with Crippen LogP contribution in [0.5, 0.6) is 0 Å². The van der Waals surface area contributed by atoms with Crippen molar-refractivity contribution in [2.24, 2.45) is 0 Å². The molecule has 18 heavy (non-hydrogen) atoms. The molecule has 0 saturated carbocycles.